The third kappa shape index (κ3) is 3.49. The summed E-state index contributed by atoms with van der Waals surface area (Å²) in [6.07, 6.45) is 3.15. The van der Waals surface area contributed by atoms with Gasteiger partial charge in [0.2, 0.25) is 0 Å². The number of aromatic nitrogens is 3. The molecule has 1 atom stereocenters. The highest BCUT2D eigenvalue weighted by atomic mass is 16.5. The molecule has 0 spiro atoms. The molecule has 0 aromatic carbocycles. The Balaban J connectivity index is 1.72. The molecule has 1 aliphatic rings. The summed E-state index contributed by atoms with van der Waals surface area (Å²) < 4.78 is 7.05. The van der Waals surface area contributed by atoms with Gasteiger partial charge in [-0.2, -0.15) is 0 Å². The first kappa shape index (κ1) is 12.5. The molecule has 0 bridgehead atoms. The first-order chi connectivity index (χ1) is 8.31. The van der Waals surface area contributed by atoms with E-state index in [2.05, 4.69) is 15.2 Å². The van der Waals surface area contributed by atoms with E-state index >= 15 is 0 Å². The van der Waals surface area contributed by atoms with Gasteiger partial charge in [0.15, 0.2) is 0 Å². The lowest BCUT2D eigenvalue weighted by Gasteiger charge is -2.15. The molecule has 96 valence electrons. The molecule has 17 heavy (non-hydrogen) atoms. The molecule has 2 rings (SSSR count). The number of rotatable bonds is 6. The van der Waals surface area contributed by atoms with Crippen molar-refractivity contribution in [3.05, 3.63) is 11.9 Å². The lowest BCUT2D eigenvalue weighted by molar-refractivity contribution is 0.152. The summed E-state index contributed by atoms with van der Waals surface area (Å²) in [5.41, 5.74) is 6.34. The molecule has 6 heteroatoms. The van der Waals surface area contributed by atoms with Crippen LogP contribution in [0.4, 0.5) is 0 Å². The van der Waals surface area contributed by atoms with Crippen LogP contribution in [0, 0.1) is 5.92 Å². The van der Waals surface area contributed by atoms with E-state index in [-0.39, 0.29) is 0 Å². The summed E-state index contributed by atoms with van der Waals surface area (Å²) in [4.78, 5) is 2.45. The van der Waals surface area contributed by atoms with Crippen molar-refractivity contribution in [1.82, 2.24) is 19.9 Å². The van der Waals surface area contributed by atoms with Crippen molar-refractivity contribution in [2.75, 3.05) is 33.4 Å². The lowest BCUT2D eigenvalue weighted by atomic mass is 10.1. The van der Waals surface area contributed by atoms with Gasteiger partial charge in [-0.1, -0.05) is 5.21 Å². The lowest BCUT2D eigenvalue weighted by Crippen LogP contribution is -2.26. The van der Waals surface area contributed by atoms with Gasteiger partial charge in [0.05, 0.1) is 18.8 Å². The quantitative estimate of drug-likeness (QED) is 0.738. The van der Waals surface area contributed by atoms with Crippen molar-refractivity contribution < 1.29 is 4.74 Å². The Morgan fingerprint density at radius 1 is 1.53 bits per heavy atom. The van der Waals surface area contributed by atoms with Crippen LogP contribution in [0.2, 0.25) is 0 Å². The topological polar surface area (TPSA) is 69.2 Å². The normalized spacial score (nSPS) is 21.2. The fraction of sp³-hybridized carbons (Fsp3) is 0.818. The van der Waals surface area contributed by atoms with Crippen LogP contribution < -0.4 is 5.73 Å². The van der Waals surface area contributed by atoms with E-state index in [0.717, 1.165) is 38.5 Å². The van der Waals surface area contributed by atoms with Crippen LogP contribution in [0.15, 0.2) is 6.20 Å². The minimum atomic E-state index is 0.458. The van der Waals surface area contributed by atoms with E-state index in [1.165, 1.54) is 6.42 Å². The Morgan fingerprint density at radius 3 is 3.12 bits per heavy atom. The number of hydrogen-bond acceptors (Lipinski definition) is 5. The summed E-state index contributed by atoms with van der Waals surface area (Å²) in [6, 6.07) is 0. The number of nitrogens with two attached hydrogens (primary N) is 1. The third-order valence-electron chi connectivity index (χ3n) is 3.21. The second kappa shape index (κ2) is 6.09. The first-order valence-electron chi connectivity index (χ1n) is 6.12. The van der Waals surface area contributed by atoms with Gasteiger partial charge in [0, 0.05) is 32.9 Å². The van der Waals surface area contributed by atoms with Gasteiger partial charge in [-0.15, -0.1) is 5.10 Å². The standard InChI is InChI=1S/C11H21N5O/c1-17-9-10-2-3-15(7-10)4-5-16-8-11(6-12)13-14-16/h8,10H,2-7,9,12H2,1H3. The molecule has 6 nitrogen and oxygen atoms in total. The van der Waals surface area contributed by atoms with E-state index in [4.69, 9.17) is 10.5 Å². The summed E-state index contributed by atoms with van der Waals surface area (Å²) >= 11 is 0. The van der Waals surface area contributed by atoms with Gasteiger partial charge >= 0.3 is 0 Å². The van der Waals surface area contributed by atoms with Gasteiger partial charge in [-0.25, -0.2) is 0 Å². The second-order valence-corrected chi connectivity index (χ2v) is 4.59. The molecule has 1 fully saturated rings. The summed E-state index contributed by atoms with van der Waals surface area (Å²) in [5.74, 6) is 0.690. The highest BCUT2D eigenvalue weighted by Gasteiger charge is 2.21. The molecule has 2 N–H and O–H groups in total. The minimum absolute atomic E-state index is 0.458. The van der Waals surface area contributed by atoms with Gasteiger partial charge in [0.1, 0.15) is 0 Å². The molecule has 1 aromatic heterocycles. The van der Waals surface area contributed by atoms with Crippen LogP contribution in [-0.2, 0) is 17.8 Å². The van der Waals surface area contributed by atoms with Crippen LogP contribution in [0.3, 0.4) is 0 Å². The number of hydrogen-bond donors (Lipinski definition) is 1. The predicted molar refractivity (Wildman–Crippen MR) is 64.3 cm³/mol. The maximum atomic E-state index is 5.49. The van der Waals surface area contributed by atoms with Crippen molar-refractivity contribution in [1.29, 1.82) is 0 Å². The fourth-order valence-electron chi connectivity index (χ4n) is 2.27. The number of methoxy groups -OCH3 is 1. The van der Waals surface area contributed by atoms with Gasteiger partial charge in [-0.05, 0) is 18.9 Å². The van der Waals surface area contributed by atoms with Crippen molar-refractivity contribution in [2.24, 2.45) is 11.7 Å². The third-order valence-corrected chi connectivity index (χ3v) is 3.21. The molecule has 0 radical (unpaired) electrons. The number of ether oxygens (including phenoxy) is 1. The average molecular weight is 239 g/mol. The van der Waals surface area contributed by atoms with Gasteiger partial charge in [-0.3, -0.25) is 4.68 Å². The zero-order chi connectivity index (χ0) is 12.1. The highest BCUT2D eigenvalue weighted by molar-refractivity contribution is 4.90. The predicted octanol–water partition coefficient (Wildman–Crippen LogP) is -0.295. The molecular formula is C11H21N5O. The summed E-state index contributed by atoms with van der Waals surface area (Å²) in [5, 5.41) is 8.01. The van der Waals surface area contributed by atoms with Crippen molar-refractivity contribution >= 4 is 0 Å². The van der Waals surface area contributed by atoms with E-state index in [1.54, 1.807) is 7.11 Å². The van der Waals surface area contributed by atoms with Crippen LogP contribution in [0.25, 0.3) is 0 Å². The summed E-state index contributed by atoms with van der Waals surface area (Å²) in [6.45, 7) is 5.52. The van der Waals surface area contributed by atoms with Crippen LogP contribution in [-0.4, -0.2) is 53.2 Å². The zero-order valence-electron chi connectivity index (χ0n) is 10.4. The second-order valence-electron chi connectivity index (χ2n) is 4.59. The molecule has 1 aromatic rings. The Morgan fingerprint density at radius 2 is 2.41 bits per heavy atom. The molecular weight excluding hydrogens is 218 g/mol. The molecule has 0 aliphatic carbocycles. The zero-order valence-corrected chi connectivity index (χ0v) is 10.4. The monoisotopic (exact) mass is 239 g/mol. The number of nitrogens with zero attached hydrogens (tertiary/aromatic N) is 4. The van der Waals surface area contributed by atoms with E-state index in [0.29, 0.717) is 12.5 Å². The molecule has 2 heterocycles. The fourth-order valence-corrected chi connectivity index (χ4v) is 2.27. The van der Waals surface area contributed by atoms with Crippen LogP contribution in [0.5, 0.6) is 0 Å². The smallest absolute Gasteiger partial charge is 0.0962 e. The average Bonchev–Trinajstić information content (AvgIpc) is 2.95. The molecule has 1 unspecified atom stereocenters. The maximum absolute atomic E-state index is 5.49. The first-order valence-corrected chi connectivity index (χ1v) is 6.12. The van der Waals surface area contributed by atoms with Crippen molar-refractivity contribution in [3.63, 3.8) is 0 Å². The van der Waals surface area contributed by atoms with Crippen molar-refractivity contribution in [3.8, 4) is 0 Å². The summed E-state index contributed by atoms with van der Waals surface area (Å²) in [7, 11) is 1.77. The molecule has 0 saturated carbocycles. The molecule has 1 aliphatic heterocycles. The van der Waals surface area contributed by atoms with E-state index in [1.807, 2.05) is 10.9 Å². The van der Waals surface area contributed by atoms with Gasteiger partial charge < -0.3 is 15.4 Å². The van der Waals surface area contributed by atoms with Crippen molar-refractivity contribution in [2.45, 2.75) is 19.5 Å². The van der Waals surface area contributed by atoms with E-state index in [9.17, 15) is 0 Å². The largest absolute Gasteiger partial charge is 0.384 e. The highest BCUT2D eigenvalue weighted by Crippen LogP contribution is 2.15. The Bertz CT molecular complexity index is 340. The van der Waals surface area contributed by atoms with Crippen LogP contribution in [0.1, 0.15) is 12.1 Å². The molecule has 1 saturated heterocycles. The SMILES string of the molecule is COCC1CCN(CCn2cc(CN)nn2)C1. The Kier molecular flexibility index (Phi) is 4.47. The van der Waals surface area contributed by atoms with Crippen LogP contribution >= 0.6 is 0 Å². The Hall–Kier alpha value is -0.980. The Labute approximate surface area is 102 Å². The van der Waals surface area contributed by atoms with Gasteiger partial charge in [0.25, 0.3) is 0 Å². The minimum Gasteiger partial charge on any atom is -0.384 e. The molecule has 0 amide bonds. The maximum Gasteiger partial charge on any atom is 0.0962 e. The number of likely N-dealkylation sites (tertiary alicyclic amines) is 1. The van der Waals surface area contributed by atoms with E-state index < -0.39 is 0 Å².